The van der Waals surface area contributed by atoms with Crippen LogP contribution in [0.5, 0.6) is 0 Å². The van der Waals surface area contributed by atoms with Gasteiger partial charge in [-0.25, -0.2) is 4.79 Å². The molecule has 0 saturated carbocycles. The van der Waals surface area contributed by atoms with Crippen LogP contribution in [0.1, 0.15) is 31.9 Å². The Bertz CT molecular complexity index is 549. The van der Waals surface area contributed by atoms with Gasteiger partial charge in [0.25, 0.3) is 0 Å². The van der Waals surface area contributed by atoms with Gasteiger partial charge in [-0.05, 0) is 31.9 Å². The second kappa shape index (κ2) is 5.85. The quantitative estimate of drug-likeness (QED) is 0.883. The molecule has 0 aromatic heterocycles. The van der Waals surface area contributed by atoms with E-state index in [1.54, 1.807) is 0 Å². The molecule has 114 valence electrons. The van der Waals surface area contributed by atoms with E-state index >= 15 is 0 Å². The normalized spacial score (nSPS) is 18.2. The Hall–Kier alpha value is -1.88. The van der Waals surface area contributed by atoms with E-state index < -0.39 is 12.0 Å². The molecule has 2 N–H and O–H groups in total. The third-order valence-corrected chi connectivity index (χ3v) is 3.62. The summed E-state index contributed by atoms with van der Waals surface area (Å²) in [7, 11) is 0. The Morgan fingerprint density at radius 2 is 1.90 bits per heavy atom. The predicted octanol–water partition coefficient (Wildman–Crippen LogP) is 1.41. The molecule has 1 aromatic rings. The first-order valence-corrected chi connectivity index (χ1v) is 7.12. The van der Waals surface area contributed by atoms with Gasteiger partial charge in [0.05, 0.1) is 6.54 Å². The zero-order chi connectivity index (χ0) is 15.6. The molecule has 0 unspecified atom stereocenters. The summed E-state index contributed by atoms with van der Waals surface area (Å²) in [5, 5.41) is 12.5. The number of amides is 1. The molecule has 1 atom stereocenters. The average molecular weight is 290 g/mol. The van der Waals surface area contributed by atoms with Crippen LogP contribution in [0.2, 0.25) is 0 Å². The molecule has 0 saturated heterocycles. The number of carboxylic acids is 1. The van der Waals surface area contributed by atoms with Crippen LogP contribution in [0.25, 0.3) is 0 Å². The van der Waals surface area contributed by atoms with E-state index in [1.807, 2.05) is 45.0 Å². The zero-order valence-corrected chi connectivity index (χ0v) is 12.7. The maximum Gasteiger partial charge on any atom is 0.326 e. The van der Waals surface area contributed by atoms with E-state index in [1.165, 1.54) is 4.90 Å². The van der Waals surface area contributed by atoms with Crippen LogP contribution in [0.3, 0.4) is 0 Å². The van der Waals surface area contributed by atoms with Gasteiger partial charge < -0.3 is 15.3 Å². The number of aliphatic carboxylic acids is 1. The molecule has 0 radical (unpaired) electrons. The summed E-state index contributed by atoms with van der Waals surface area (Å²) in [6, 6.07) is 6.91. The summed E-state index contributed by atoms with van der Waals surface area (Å²) in [5.74, 6) is -1.12. The van der Waals surface area contributed by atoms with Gasteiger partial charge in [-0.15, -0.1) is 0 Å². The van der Waals surface area contributed by atoms with Gasteiger partial charge in [-0.1, -0.05) is 24.3 Å². The van der Waals surface area contributed by atoms with Crippen LogP contribution in [0.15, 0.2) is 24.3 Å². The van der Waals surface area contributed by atoms with Crippen LogP contribution in [0.4, 0.5) is 0 Å². The van der Waals surface area contributed by atoms with Gasteiger partial charge in [-0.3, -0.25) is 4.79 Å². The Morgan fingerprint density at radius 1 is 1.29 bits per heavy atom. The molecule has 1 amide bonds. The number of rotatable bonds is 3. The van der Waals surface area contributed by atoms with Crippen molar-refractivity contribution in [2.75, 3.05) is 6.54 Å². The molecule has 1 heterocycles. The number of carboxylic acid groups (broad SMARTS) is 1. The Labute approximate surface area is 125 Å². The third-order valence-electron chi connectivity index (χ3n) is 3.62. The highest BCUT2D eigenvalue weighted by molar-refractivity contribution is 5.85. The highest BCUT2D eigenvalue weighted by Crippen LogP contribution is 2.23. The van der Waals surface area contributed by atoms with Crippen molar-refractivity contribution in [3.05, 3.63) is 35.4 Å². The monoisotopic (exact) mass is 290 g/mol. The van der Waals surface area contributed by atoms with Crippen molar-refractivity contribution in [3.63, 3.8) is 0 Å². The Balaban J connectivity index is 2.17. The highest BCUT2D eigenvalue weighted by Gasteiger charge is 2.34. The molecule has 1 aliphatic rings. The Morgan fingerprint density at radius 3 is 2.48 bits per heavy atom. The van der Waals surface area contributed by atoms with E-state index in [0.717, 1.165) is 11.1 Å². The second-order valence-corrected chi connectivity index (χ2v) is 6.45. The van der Waals surface area contributed by atoms with E-state index in [2.05, 4.69) is 5.32 Å². The largest absolute Gasteiger partial charge is 0.480 e. The van der Waals surface area contributed by atoms with Crippen LogP contribution in [-0.2, 0) is 22.6 Å². The number of carbonyl (C=O) groups is 2. The van der Waals surface area contributed by atoms with Gasteiger partial charge in [0.15, 0.2) is 0 Å². The lowest BCUT2D eigenvalue weighted by Gasteiger charge is -2.35. The van der Waals surface area contributed by atoms with Gasteiger partial charge in [0.1, 0.15) is 6.04 Å². The number of fused-ring (bicyclic) bond motifs is 1. The molecule has 0 spiro atoms. The topological polar surface area (TPSA) is 69.6 Å². The van der Waals surface area contributed by atoms with Crippen molar-refractivity contribution in [1.82, 2.24) is 10.2 Å². The summed E-state index contributed by atoms with van der Waals surface area (Å²) in [6.45, 7) is 6.43. The third kappa shape index (κ3) is 3.82. The Kier molecular flexibility index (Phi) is 4.32. The lowest BCUT2D eigenvalue weighted by Crippen LogP contribution is -2.52. The maximum absolute atomic E-state index is 12.4. The molecule has 0 fully saturated rings. The fourth-order valence-electron chi connectivity index (χ4n) is 2.45. The van der Waals surface area contributed by atoms with E-state index in [9.17, 15) is 14.7 Å². The van der Waals surface area contributed by atoms with Gasteiger partial charge in [-0.2, -0.15) is 0 Å². The number of hydrogen-bond donors (Lipinski definition) is 2. The fourth-order valence-corrected chi connectivity index (χ4v) is 2.45. The van der Waals surface area contributed by atoms with Crippen molar-refractivity contribution >= 4 is 11.9 Å². The molecule has 5 nitrogen and oxygen atoms in total. The molecular weight excluding hydrogens is 268 g/mol. The minimum Gasteiger partial charge on any atom is -0.480 e. The molecular formula is C16H22N2O3. The minimum absolute atomic E-state index is 0.148. The highest BCUT2D eigenvalue weighted by atomic mass is 16.4. The van der Waals surface area contributed by atoms with Gasteiger partial charge in [0.2, 0.25) is 5.91 Å². The summed E-state index contributed by atoms with van der Waals surface area (Å²) in [5.41, 5.74) is 1.86. The molecule has 21 heavy (non-hydrogen) atoms. The van der Waals surface area contributed by atoms with E-state index in [0.29, 0.717) is 13.0 Å². The summed E-state index contributed by atoms with van der Waals surface area (Å²) < 4.78 is 0. The van der Waals surface area contributed by atoms with Crippen LogP contribution in [-0.4, -0.2) is 40.0 Å². The first kappa shape index (κ1) is 15.5. The number of carbonyl (C=O) groups excluding carboxylic acids is 1. The lowest BCUT2D eigenvalue weighted by molar-refractivity contribution is -0.151. The number of nitrogens with zero attached hydrogens (tertiary/aromatic N) is 1. The smallest absolute Gasteiger partial charge is 0.326 e. The minimum atomic E-state index is -0.950. The number of nitrogens with one attached hydrogen (secondary N) is 1. The van der Waals surface area contributed by atoms with Crippen molar-refractivity contribution in [2.45, 2.75) is 45.3 Å². The number of hydrogen-bond acceptors (Lipinski definition) is 3. The first-order valence-electron chi connectivity index (χ1n) is 7.12. The molecule has 1 aromatic carbocycles. The van der Waals surface area contributed by atoms with Crippen LogP contribution >= 0.6 is 0 Å². The molecule has 0 bridgehead atoms. The summed E-state index contributed by atoms with van der Waals surface area (Å²) in [4.78, 5) is 25.3. The van der Waals surface area contributed by atoms with E-state index in [4.69, 9.17) is 0 Å². The van der Waals surface area contributed by atoms with Gasteiger partial charge >= 0.3 is 5.97 Å². The van der Waals surface area contributed by atoms with Crippen molar-refractivity contribution in [1.29, 1.82) is 0 Å². The van der Waals surface area contributed by atoms with Crippen LogP contribution in [0, 0.1) is 0 Å². The second-order valence-electron chi connectivity index (χ2n) is 6.45. The zero-order valence-electron chi connectivity index (χ0n) is 12.7. The van der Waals surface area contributed by atoms with Crippen molar-refractivity contribution in [3.8, 4) is 0 Å². The predicted molar refractivity (Wildman–Crippen MR) is 79.9 cm³/mol. The summed E-state index contributed by atoms with van der Waals surface area (Å²) in [6.07, 6.45) is 0.368. The van der Waals surface area contributed by atoms with Crippen LogP contribution < -0.4 is 5.32 Å². The average Bonchev–Trinajstić information content (AvgIpc) is 2.42. The standard InChI is InChI=1S/C16H22N2O3/c1-16(2,3)17-9-14(19)18-10-12-7-5-4-6-11(12)8-13(18)15(20)21/h4-7,13,17H,8-10H2,1-3H3,(H,20,21)/t13-/m1/s1. The van der Waals surface area contributed by atoms with Gasteiger partial charge in [0, 0.05) is 18.5 Å². The number of benzene rings is 1. The van der Waals surface area contributed by atoms with Crippen molar-refractivity contribution in [2.24, 2.45) is 0 Å². The van der Waals surface area contributed by atoms with E-state index in [-0.39, 0.29) is 18.0 Å². The first-order chi connectivity index (χ1) is 9.78. The lowest BCUT2D eigenvalue weighted by atomic mass is 9.94. The SMILES string of the molecule is CC(C)(C)NCC(=O)N1Cc2ccccc2C[C@@H]1C(=O)O. The fraction of sp³-hybridized carbons (Fsp3) is 0.500. The molecule has 5 heteroatoms. The molecule has 1 aliphatic heterocycles. The molecule has 2 rings (SSSR count). The summed E-state index contributed by atoms with van der Waals surface area (Å²) >= 11 is 0. The van der Waals surface area contributed by atoms with Crippen molar-refractivity contribution < 1.29 is 14.7 Å². The molecule has 0 aliphatic carbocycles. The maximum atomic E-state index is 12.4.